The molecule has 0 amide bonds. The molecule has 6 N–H and O–H groups in total. The number of aromatic amines is 1. The number of H-pyrrole nitrogens is 1. The van der Waals surface area contributed by atoms with Crippen molar-refractivity contribution in [3.05, 3.63) is 26.9 Å². The molecular weight excluding hydrogens is 500 g/mol. The lowest BCUT2D eigenvalue weighted by atomic mass is 10.1. The zero-order valence-corrected chi connectivity index (χ0v) is 18.2. The van der Waals surface area contributed by atoms with E-state index in [4.69, 9.17) is 31.6 Å². The molecule has 0 saturated carbocycles. The third kappa shape index (κ3) is 6.68. The monoisotopic (exact) mass is 516 g/mol. The van der Waals surface area contributed by atoms with E-state index in [-0.39, 0.29) is 4.64 Å². The van der Waals surface area contributed by atoms with E-state index >= 15 is 0 Å². The van der Waals surface area contributed by atoms with Gasteiger partial charge in [0.25, 0.3) is 0 Å². The molecule has 0 spiro atoms. The standard InChI is InChI=1S/C10H16FN2O13P3S/c1-4-2-13(10(15)12-8(4)30)9-6(11)7(14)5(24-9)3-23-28(19,20)26-29(21,22)25-27(16,17)18/h2,5-7,9,14H,3H2,1H3,(H,19,20)(H,21,22)(H,12,15,30)(H2,16,17,18)/t5-,6?,7+,9-/m0/s1. The quantitative estimate of drug-likeness (QED) is 0.200. The predicted molar refractivity (Wildman–Crippen MR) is 95.3 cm³/mol. The smallest absolute Gasteiger partial charge is 0.387 e. The molecule has 2 heterocycles. The van der Waals surface area contributed by atoms with E-state index in [0.29, 0.717) is 5.56 Å². The molecular formula is C10H16FN2O13P3S. The lowest BCUT2D eigenvalue weighted by Gasteiger charge is -2.19. The number of aromatic nitrogens is 2. The van der Waals surface area contributed by atoms with Gasteiger partial charge < -0.3 is 29.4 Å². The Bertz CT molecular complexity index is 1050. The van der Waals surface area contributed by atoms with Crippen molar-refractivity contribution in [2.45, 2.75) is 31.5 Å². The topological polar surface area (TPSA) is 227 Å². The van der Waals surface area contributed by atoms with Crippen LogP contribution in [0.15, 0.2) is 11.0 Å². The Morgan fingerprint density at radius 2 is 1.83 bits per heavy atom. The molecule has 1 aromatic rings. The molecule has 15 nitrogen and oxygen atoms in total. The Hall–Kier alpha value is -0.640. The van der Waals surface area contributed by atoms with Gasteiger partial charge in [0, 0.05) is 11.8 Å². The summed E-state index contributed by atoms with van der Waals surface area (Å²) in [4.78, 5) is 49.6. The number of hydrogen-bond donors (Lipinski definition) is 6. The van der Waals surface area contributed by atoms with Crippen LogP contribution in [0, 0.1) is 11.6 Å². The number of phosphoric ester groups is 1. The maximum atomic E-state index is 14.4. The molecule has 30 heavy (non-hydrogen) atoms. The highest BCUT2D eigenvalue weighted by Crippen LogP contribution is 2.66. The van der Waals surface area contributed by atoms with Crippen LogP contribution < -0.4 is 5.69 Å². The Morgan fingerprint density at radius 3 is 2.40 bits per heavy atom. The summed E-state index contributed by atoms with van der Waals surface area (Å²) in [5, 5.41) is 9.92. The van der Waals surface area contributed by atoms with Crippen LogP contribution in [-0.2, 0) is 31.6 Å². The molecule has 1 aliphatic rings. The van der Waals surface area contributed by atoms with Gasteiger partial charge >= 0.3 is 29.2 Å². The van der Waals surface area contributed by atoms with Crippen molar-refractivity contribution in [3.63, 3.8) is 0 Å². The summed E-state index contributed by atoms with van der Waals surface area (Å²) in [7, 11) is -16.8. The Labute approximate surface area is 171 Å². The number of nitrogens with zero attached hydrogens (tertiary/aromatic N) is 1. The summed E-state index contributed by atoms with van der Waals surface area (Å²) < 4.78 is 65.2. The van der Waals surface area contributed by atoms with E-state index in [1.165, 1.54) is 6.92 Å². The van der Waals surface area contributed by atoms with Gasteiger partial charge in [-0.05, 0) is 6.92 Å². The van der Waals surface area contributed by atoms with Gasteiger partial charge in [0.2, 0.25) is 0 Å². The van der Waals surface area contributed by atoms with Gasteiger partial charge in [-0.2, -0.15) is 8.62 Å². The molecule has 1 aromatic heterocycles. The molecule has 20 heteroatoms. The predicted octanol–water partition coefficient (Wildman–Crippen LogP) is 0.154. The Kier molecular flexibility index (Phi) is 7.75. The lowest BCUT2D eigenvalue weighted by molar-refractivity contribution is -0.0483. The highest BCUT2D eigenvalue weighted by molar-refractivity contribution is 7.71. The molecule has 172 valence electrons. The summed E-state index contributed by atoms with van der Waals surface area (Å²) in [5.41, 5.74) is -0.481. The maximum absolute atomic E-state index is 14.4. The second-order valence-corrected chi connectivity index (χ2v) is 10.7. The molecule has 0 bridgehead atoms. The van der Waals surface area contributed by atoms with Gasteiger partial charge in [-0.1, -0.05) is 12.2 Å². The molecule has 1 aliphatic heterocycles. The second kappa shape index (κ2) is 9.08. The molecule has 3 unspecified atom stereocenters. The normalized spacial score (nSPS) is 28.8. The summed E-state index contributed by atoms with van der Waals surface area (Å²) in [6.07, 6.45) is -6.31. The van der Waals surface area contributed by atoms with Crippen LogP contribution in [-0.4, -0.2) is 59.2 Å². The van der Waals surface area contributed by atoms with Crippen LogP contribution in [0.5, 0.6) is 0 Å². The van der Waals surface area contributed by atoms with Crippen molar-refractivity contribution in [2.75, 3.05) is 6.61 Å². The average Bonchev–Trinajstić information content (AvgIpc) is 2.81. The highest BCUT2D eigenvalue weighted by Gasteiger charge is 2.47. The van der Waals surface area contributed by atoms with Crippen molar-refractivity contribution in [1.29, 1.82) is 0 Å². The lowest BCUT2D eigenvalue weighted by Crippen LogP contribution is -2.33. The molecule has 0 aromatic carbocycles. The highest BCUT2D eigenvalue weighted by atomic mass is 32.1. The fraction of sp³-hybridized carbons (Fsp3) is 0.600. The largest absolute Gasteiger partial charge is 0.490 e. The minimum atomic E-state index is -5.74. The van der Waals surface area contributed by atoms with Crippen molar-refractivity contribution in [1.82, 2.24) is 9.55 Å². The third-order valence-electron chi connectivity index (χ3n) is 3.53. The summed E-state index contributed by atoms with van der Waals surface area (Å²) in [6, 6.07) is 0. The van der Waals surface area contributed by atoms with E-state index in [0.717, 1.165) is 10.8 Å². The molecule has 2 rings (SSSR count). The molecule has 6 atom stereocenters. The second-order valence-electron chi connectivity index (χ2n) is 5.87. The van der Waals surface area contributed by atoms with Crippen molar-refractivity contribution in [3.8, 4) is 0 Å². The van der Waals surface area contributed by atoms with Crippen LogP contribution in [0.25, 0.3) is 0 Å². The van der Waals surface area contributed by atoms with Gasteiger partial charge in [-0.3, -0.25) is 14.1 Å². The minimum Gasteiger partial charge on any atom is -0.387 e. The van der Waals surface area contributed by atoms with E-state index in [9.17, 15) is 32.9 Å². The number of aliphatic hydroxyl groups excluding tert-OH is 1. The summed E-state index contributed by atoms with van der Waals surface area (Å²) >= 11 is 4.86. The Morgan fingerprint density at radius 1 is 1.23 bits per heavy atom. The maximum Gasteiger partial charge on any atom is 0.490 e. The van der Waals surface area contributed by atoms with Crippen LogP contribution in [0.2, 0.25) is 0 Å². The fourth-order valence-corrected chi connectivity index (χ4v) is 5.48. The first kappa shape index (κ1) is 25.6. The number of alkyl halides is 1. The van der Waals surface area contributed by atoms with Gasteiger partial charge in [0.15, 0.2) is 12.4 Å². The number of aryl methyl sites for hydroxylation is 1. The number of aliphatic hydroxyl groups is 1. The van der Waals surface area contributed by atoms with Gasteiger partial charge in [-0.15, -0.1) is 0 Å². The Balaban J connectivity index is 2.09. The SMILES string of the molecule is Cc1cn([C@H]2O[C@@H](COP(=O)(O)OP(=O)(O)OP(=O)(O)O)[C@@H](O)C2F)c(=O)[nH]c1=S. The minimum absolute atomic E-state index is 0.0920. The molecule has 1 saturated heterocycles. The summed E-state index contributed by atoms with van der Waals surface area (Å²) in [6.45, 7) is 0.429. The third-order valence-corrected chi connectivity index (χ3v) is 7.76. The number of hydrogen-bond acceptors (Lipinski definition) is 10. The van der Waals surface area contributed by atoms with Gasteiger partial charge in [0.1, 0.15) is 16.8 Å². The number of nitrogens with one attached hydrogen (secondary N) is 1. The van der Waals surface area contributed by atoms with Crippen molar-refractivity contribution < 1.29 is 60.6 Å². The van der Waals surface area contributed by atoms with Gasteiger partial charge in [0.05, 0.1) is 6.61 Å². The van der Waals surface area contributed by atoms with Crippen molar-refractivity contribution >= 4 is 35.7 Å². The van der Waals surface area contributed by atoms with Crippen LogP contribution in [0.4, 0.5) is 4.39 Å². The number of rotatable bonds is 8. The number of halogens is 1. The summed E-state index contributed by atoms with van der Waals surface area (Å²) in [5.74, 6) is 0. The van der Waals surface area contributed by atoms with Crippen LogP contribution >= 0.6 is 35.7 Å². The molecule has 0 aliphatic carbocycles. The van der Waals surface area contributed by atoms with Crippen molar-refractivity contribution in [2.24, 2.45) is 0 Å². The van der Waals surface area contributed by atoms with Crippen LogP contribution in [0.1, 0.15) is 11.8 Å². The van der Waals surface area contributed by atoms with E-state index in [1.807, 2.05) is 0 Å². The zero-order chi connectivity index (χ0) is 23.1. The first-order valence-corrected chi connectivity index (χ1v) is 12.5. The number of phosphoric acid groups is 3. The molecule has 0 radical (unpaired) electrons. The van der Waals surface area contributed by atoms with Crippen LogP contribution in [0.3, 0.4) is 0 Å². The first-order valence-electron chi connectivity index (χ1n) is 7.59. The average molecular weight is 516 g/mol. The first-order chi connectivity index (χ1) is 13.5. The zero-order valence-electron chi connectivity index (χ0n) is 14.7. The fourth-order valence-electron chi connectivity index (χ4n) is 2.31. The molecule has 1 fully saturated rings. The van der Waals surface area contributed by atoms with E-state index in [1.54, 1.807) is 0 Å². The van der Waals surface area contributed by atoms with Gasteiger partial charge in [-0.25, -0.2) is 22.9 Å². The van der Waals surface area contributed by atoms with E-state index in [2.05, 4.69) is 18.1 Å². The number of ether oxygens (including phenoxy) is 1. The van der Waals surface area contributed by atoms with E-state index < -0.39 is 60.4 Å².